The molecule has 0 aromatic heterocycles. The molecule has 29 heavy (non-hydrogen) atoms. The molecular formula is C22H29N3O4. The van der Waals surface area contributed by atoms with Crippen LogP contribution in [0.15, 0.2) is 42.5 Å². The predicted octanol–water partition coefficient (Wildman–Crippen LogP) is 3.61. The van der Waals surface area contributed by atoms with Crippen LogP contribution in [0.25, 0.3) is 0 Å². The molecule has 1 fully saturated rings. The zero-order valence-corrected chi connectivity index (χ0v) is 17.1. The summed E-state index contributed by atoms with van der Waals surface area (Å²) in [6, 6.07) is 12.3. The molecule has 1 heterocycles. The molecule has 0 saturated carbocycles. The highest BCUT2D eigenvalue weighted by molar-refractivity contribution is 5.43. The van der Waals surface area contributed by atoms with Gasteiger partial charge in [-0.3, -0.25) is 10.1 Å². The first kappa shape index (κ1) is 21.1. The number of likely N-dealkylation sites (tertiary alicyclic amines) is 1. The number of nitro groups is 1. The summed E-state index contributed by atoms with van der Waals surface area (Å²) < 4.78 is 11.3. The molecular weight excluding hydrogens is 370 g/mol. The van der Waals surface area contributed by atoms with Gasteiger partial charge in [0.05, 0.1) is 12.0 Å². The first-order chi connectivity index (χ1) is 14.1. The van der Waals surface area contributed by atoms with E-state index in [1.54, 1.807) is 19.2 Å². The van der Waals surface area contributed by atoms with Crippen LogP contribution in [0, 0.1) is 16.0 Å². The van der Waals surface area contributed by atoms with Crippen molar-refractivity contribution in [3.8, 4) is 11.5 Å². The molecule has 0 bridgehead atoms. The molecule has 7 heteroatoms. The van der Waals surface area contributed by atoms with Crippen LogP contribution in [0.2, 0.25) is 0 Å². The minimum absolute atomic E-state index is 0.0724. The van der Waals surface area contributed by atoms with Gasteiger partial charge in [-0.15, -0.1) is 0 Å². The summed E-state index contributed by atoms with van der Waals surface area (Å²) in [6.45, 7) is 7.88. The van der Waals surface area contributed by atoms with Crippen molar-refractivity contribution in [1.29, 1.82) is 0 Å². The maximum absolute atomic E-state index is 10.7. The molecule has 2 aromatic carbocycles. The highest BCUT2D eigenvalue weighted by atomic mass is 16.6. The van der Waals surface area contributed by atoms with Crippen LogP contribution in [0.3, 0.4) is 0 Å². The van der Waals surface area contributed by atoms with Gasteiger partial charge in [0.1, 0.15) is 6.61 Å². The van der Waals surface area contributed by atoms with Crippen molar-refractivity contribution in [2.24, 2.45) is 5.92 Å². The second-order valence-corrected chi connectivity index (χ2v) is 7.38. The lowest BCUT2D eigenvalue weighted by atomic mass is 10.1. The average molecular weight is 399 g/mol. The molecule has 1 unspecified atom stereocenters. The maximum Gasteiger partial charge on any atom is 0.269 e. The highest BCUT2D eigenvalue weighted by Crippen LogP contribution is 2.29. The lowest BCUT2D eigenvalue weighted by Gasteiger charge is -2.15. The fraction of sp³-hybridized carbons (Fsp3) is 0.455. The predicted molar refractivity (Wildman–Crippen MR) is 112 cm³/mol. The number of nitrogens with one attached hydrogen (secondary N) is 1. The minimum atomic E-state index is -0.410. The van der Waals surface area contributed by atoms with E-state index in [1.807, 2.05) is 18.2 Å². The molecule has 3 rings (SSSR count). The van der Waals surface area contributed by atoms with Crippen LogP contribution in [0.1, 0.15) is 24.5 Å². The van der Waals surface area contributed by atoms with Crippen LogP contribution in [-0.4, -0.2) is 43.1 Å². The van der Waals surface area contributed by atoms with E-state index >= 15 is 0 Å². The van der Waals surface area contributed by atoms with E-state index in [0.29, 0.717) is 18.1 Å². The Morgan fingerprint density at radius 3 is 2.59 bits per heavy atom. The fourth-order valence-electron chi connectivity index (χ4n) is 3.60. The Morgan fingerprint density at radius 1 is 1.17 bits per heavy atom. The third-order valence-corrected chi connectivity index (χ3v) is 5.35. The van der Waals surface area contributed by atoms with Crippen LogP contribution in [-0.2, 0) is 13.2 Å². The van der Waals surface area contributed by atoms with Crippen molar-refractivity contribution in [2.75, 3.05) is 33.3 Å². The summed E-state index contributed by atoms with van der Waals surface area (Å²) in [5.41, 5.74) is 2.08. The van der Waals surface area contributed by atoms with E-state index < -0.39 is 4.92 Å². The SMILES string of the molecule is CCN1CCC(CNCc2ccc(OCc3ccc([N+](=O)[O-])cc3)c(OC)c2)C1. The number of hydrogen-bond donors (Lipinski definition) is 1. The second-order valence-electron chi connectivity index (χ2n) is 7.38. The number of hydrogen-bond acceptors (Lipinski definition) is 6. The summed E-state index contributed by atoms with van der Waals surface area (Å²) in [4.78, 5) is 12.8. The molecule has 1 aliphatic rings. The summed E-state index contributed by atoms with van der Waals surface area (Å²) in [6.07, 6.45) is 1.26. The summed E-state index contributed by atoms with van der Waals surface area (Å²) in [7, 11) is 1.63. The van der Waals surface area contributed by atoms with Gasteiger partial charge in [-0.25, -0.2) is 0 Å². The summed E-state index contributed by atoms with van der Waals surface area (Å²) >= 11 is 0. The van der Waals surface area contributed by atoms with Gasteiger partial charge in [0.15, 0.2) is 11.5 Å². The van der Waals surface area contributed by atoms with Crippen LogP contribution in [0.4, 0.5) is 5.69 Å². The molecule has 0 spiro atoms. The number of rotatable bonds is 10. The highest BCUT2D eigenvalue weighted by Gasteiger charge is 2.20. The van der Waals surface area contributed by atoms with Gasteiger partial charge in [-0.05, 0) is 67.4 Å². The van der Waals surface area contributed by atoms with Gasteiger partial charge in [-0.1, -0.05) is 13.0 Å². The van der Waals surface area contributed by atoms with E-state index in [0.717, 1.165) is 36.7 Å². The van der Waals surface area contributed by atoms with Gasteiger partial charge >= 0.3 is 0 Å². The number of nitro benzene ring substituents is 1. The first-order valence-electron chi connectivity index (χ1n) is 10.0. The Kier molecular flexibility index (Phi) is 7.43. The molecule has 0 amide bonds. The Hall–Kier alpha value is -2.64. The lowest BCUT2D eigenvalue weighted by molar-refractivity contribution is -0.384. The summed E-state index contributed by atoms with van der Waals surface area (Å²) in [5, 5.41) is 14.3. The van der Waals surface area contributed by atoms with E-state index in [4.69, 9.17) is 9.47 Å². The van der Waals surface area contributed by atoms with Crippen molar-refractivity contribution in [2.45, 2.75) is 26.5 Å². The fourth-order valence-corrected chi connectivity index (χ4v) is 3.60. The quantitative estimate of drug-likeness (QED) is 0.486. The van der Waals surface area contributed by atoms with Crippen molar-refractivity contribution in [3.05, 3.63) is 63.7 Å². The normalized spacial score (nSPS) is 16.7. The third-order valence-electron chi connectivity index (χ3n) is 5.35. The average Bonchev–Trinajstić information content (AvgIpc) is 3.21. The molecule has 156 valence electrons. The molecule has 2 aromatic rings. The number of methoxy groups -OCH3 is 1. The number of non-ortho nitro benzene ring substituents is 1. The van der Waals surface area contributed by atoms with E-state index in [1.165, 1.54) is 31.6 Å². The van der Waals surface area contributed by atoms with Crippen molar-refractivity contribution >= 4 is 5.69 Å². The van der Waals surface area contributed by atoms with Gasteiger partial charge in [0.25, 0.3) is 5.69 Å². The van der Waals surface area contributed by atoms with E-state index in [-0.39, 0.29) is 5.69 Å². The smallest absolute Gasteiger partial charge is 0.269 e. The topological polar surface area (TPSA) is 76.9 Å². The van der Waals surface area contributed by atoms with Crippen LogP contribution >= 0.6 is 0 Å². The first-order valence-corrected chi connectivity index (χ1v) is 10.0. The van der Waals surface area contributed by atoms with Crippen molar-refractivity contribution in [1.82, 2.24) is 10.2 Å². The molecule has 7 nitrogen and oxygen atoms in total. The van der Waals surface area contributed by atoms with Crippen molar-refractivity contribution < 1.29 is 14.4 Å². The van der Waals surface area contributed by atoms with Crippen LogP contribution < -0.4 is 14.8 Å². The number of benzene rings is 2. The molecule has 0 aliphatic carbocycles. The number of ether oxygens (including phenoxy) is 2. The van der Waals surface area contributed by atoms with Crippen molar-refractivity contribution in [3.63, 3.8) is 0 Å². The minimum Gasteiger partial charge on any atom is -0.493 e. The largest absolute Gasteiger partial charge is 0.493 e. The molecule has 0 radical (unpaired) electrons. The standard InChI is InChI=1S/C22H29N3O4/c1-3-24-11-10-19(15-24)14-23-13-18-6-9-21(22(12-18)28-2)29-16-17-4-7-20(8-5-17)25(26)27/h4-9,12,19,23H,3,10-11,13-16H2,1-2H3. The Balaban J connectivity index is 1.51. The molecule has 1 aliphatic heterocycles. The molecule has 1 saturated heterocycles. The van der Waals surface area contributed by atoms with Gasteiger partial charge in [0, 0.05) is 25.2 Å². The van der Waals surface area contributed by atoms with Crippen LogP contribution in [0.5, 0.6) is 11.5 Å². The summed E-state index contributed by atoms with van der Waals surface area (Å²) in [5.74, 6) is 2.06. The zero-order valence-electron chi connectivity index (χ0n) is 17.1. The zero-order chi connectivity index (χ0) is 20.6. The second kappa shape index (κ2) is 10.2. The molecule has 1 N–H and O–H groups in total. The Morgan fingerprint density at radius 2 is 1.93 bits per heavy atom. The number of nitrogens with zero attached hydrogens (tertiary/aromatic N) is 2. The lowest BCUT2D eigenvalue weighted by Crippen LogP contribution is -2.26. The maximum atomic E-state index is 10.7. The van der Waals surface area contributed by atoms with E-state index in [2.05, 4.69) is 17.1 Å². The Labute approximate surface area is 171 Å². The van der Waals surface area contributed by atoms with Gasteiger partial charge in [0.2, 0.25) is 0 Å². The molecule has 1 atom stereocenters. The van der Waals surface area contributed by atoms with E-state index in [9.17, 15) is 10.1 Å². The third kappa shape index (κ3) is 5.92. The Bertz CT molecular complexity index is 810. The monoisotopic (exact) mass is 399 g/mol. The van der Waals surface area contributed by atoms with Gasteiger partial charge in [-0.2, -0.15) is 0 Å². The van der Waals surface area contributed by atoms with Gasteiger partial charge < -0.3 is 19.7 Å².